The fraction of sp³-hybridized carbons (Fsp3) is 0.316. The number of benzene rings is 1. The van der Waals surface area contributed by atoms with Crippen LogP contribution in [0.15, 0.2) is 53.5 Å². The van der Waals surface area contributed by atoms with Crippen LogP contribution < -0.4 is 5.32 Å². The Kier molecular flexibility index (Phi) is 6.67. The maximum absolute atomic E-state index is 13.7. The molecule has 1 aliphatic rings. The number of alkyl halides is 3. The van der Waals surface area contributed by atoms with Gasteiger partial charge in [-0.1, -0.05) is 47.3 Å². The molecular weight excluding hydrogens is 436 g/mol. The van der Waals surface area contributed by atoms with Crippen molar-refractivity contribution in [3.05, 3.63) is 60.4 Å². The Morgan fingerprint density at radius 2 is 1.94 bits per heavy atom. The SMILES string of the molecule is C=C(F)C1(Cc2nc(-c3cn(Cc4ccccc4)nn3)no2)CNC1.O=C(O)C(F)(F)F. The molecule has 9 nitrogen and oxygen atoms in total. The summed E-state index contributed by atoms with van der Waals surface area (Å²) in [5.74, 6) is -2.40. The van der Waals surface area contributed by atoms with Gasteiger partial charge in [-0.15, -0.1) is 5.10 Å². The van der Waals surface area contributed by atoms with E-state index in [4.69, 9.17) is 14.4 Å². The number of rotatable bonds is 6. The Labute approximate surface area is 178 Å². The van der Waals surface area contributed by atoms with Crippen molar-refractivity contribution in [1.82, 2.24) is 30.5 Å². The highest BCUT2D eigenvalue weighted by Gasteiger charge is 2.42. The first-order valence-electron chi connectivity index (χ1n) is 9.22. The third-order valence-electron chi connectivity index (χ3n) is 4.66. The number of aliphatic carboxylic acids is 1. The van der Waals surface area contributed by atoms with Crippen LogP contribution in [0.4, 0.5) is 17.6 Å². The first kappa shape index (κ1) is 23.1. The van der Waals surface area contributed by atoms with Gasteiger partial charge < -0.3 is 14.9 Å². The van der Waals surface area contributed by atoms with Gasteiger partial charge in [-0.2, -0.15) is 18.2 Å². The Balaban J connectivity index is 0.000000360. The highest BCUT2D eigenvalue weighted by Crippen LogP contribution is 2.35. The summed E-state index contributed by atoms with van der Waals surface area (Å²) in [6.45, 7) is 5.08. The maximum Gasteiger partial charge on any atom is 0.490 e. The zero-order valence-electron chi connectivity index (χ0n) is 16.5. The standard InChI is InChI=1S/C17H17FN6O.C2HF3O2/c1-12(18)17(10-19-11-17)7-15-20-16(22-25-15)14-9-24(23-21-14)8-13-5-3-2-4-6-13;3-2(4,5)1(6)7/h2-6,9,19H,1,7-8,10-11H2;(H,6,7). The maximum atomic E-state index is 13.7. The molecule has 1 saturated heterocycles. The molecular formula is C19H18F4N6O3. The second-order valence-corrected chi connectivity index (χ2v) is 7.07. The van der Waals surface area contributed by atoms with Crippen molar-refractivity contribution in [1.29, 1.82) is 0 Å². The van der Waals surface area contributed by atoms with Gasteiger partial charge in [-0.3, -0.25) is 0 Å². The average molecular weight is 454 g/mol. The molecule has 32 heavy (non-hydrogen) atoms. The lowest BCUT2D eigenvalue weighted by Crippen LogP contribution is -2.55. The van der Waals surface area contributed by atoms with Crippen LogP contribution in [0.25, 0.3) is 11.5 Å². The summed E-state index contributed by atoms with van der Waals surface area (Å²) < 4.78 is 52.4. The van der Waals surface area contributed by atoms with Crippen LogP contribution in [-0.4, -0.2) is 55.5 Å². The van der Waals surface area contributed by atoms with E-state index in [1.807, 2.05) is 30.3 Å². The Bertz CT molecular complexity index is 1080. The lowest BCUT2D eigenvalue weighted by Gasteiger charge is -2.40. The molecule has 3 aromatic rings. The number of aromatic nitrogens is 5. The summed E-state index contributed by atoms with van der Waals surface area (Å²) in [4.78, 5) is 13.2. The van der Waals surface area contributed by atoms with Crippen molar-refractivity contribution in [3.63, 3.8) is 0 Å². The van der Waals surface area contributed by atoms with Crippen molar-refractivity contribution >= 4 is 5.97 Å². The van der Waals surface area contributed by atoms with Gasteiger partial charge in [0, 0.05) is 19.5 Å². The van der Waals surface area contributed by atoms with Crippen LogP contribution >= 0.6 is 0 Å². The predicted molar refractivity (Wildman–Crippen MR) is 102 cm³/mol. The molecule has 1 fully saturated rings. The molecule has 1 aliphatic heterocycles. The molecule has 0 bridgehead atoms. The molecule has 4 rings (SSSR count). The lowest BCUT2D eigenvalue weighted by molar-refractivity contribution is -0.192. The highest BCUT2D eigenvalue weighted by molar-refractivity contribution is 5.73. The normalized spacial score (nSPS) is 14.8. The largest absolute Gasteiger partial charge is 0.490 e. The van der Waals surface area contributed by atoms with Crippen LogP contribution in [0.5, 0.6) is 0 Å². The third kappa shape index (κ3) is 5.55. The van der Waals surface area contributed by atoms with Crippen LogP contribution in [0.1, 0.15) is 11.5 Å². The summed E-state index contributed by atoms with van der Waals surface area (Å²) in [5.41, 5.74) is 0.994. The van der Waals surface area contributed by atoms with Gasteiger partial charge in [-0.25, -0.2) is 13.9 Å². The van der Waals surface area contributed by atoms with Crippen molar-refractivity contribution in [2.45, 2.75) is 19.1 Å². The van der Waals surface area contributed by atoms with Crippen LogP contribution in [0.3, 0.4) is 0 Å². The average Bonchev–Trinajstić information content (AvgIpc) is 3.34. The smallest absolute Gasteiger partial charge is 0.475 e. The number of hydrogen-bond donors (Lipinski definition) is 2. The lowest BCUT2D eigenvalue weighted by atomic mass is 9.78. The number of carbonyl (C=O) groups is 1. The quantitative estimate of drug-likeness (QED) is 0.546. The summed E-state index contributed by atoms with van der Waals surface area (Å²) in [5, 5.41) is 22.3. The predicted octanol–water partition coefficient (Wildman–Crippen LogP) is 2.62. The summed E-state index contributed by atoms with van der Waals surface area (Å²) >= 11 is 0. The number of carboxylic acid groups (broad SMARTS) is 1. The molecule has 2 N–H and O–H groups in total. The fourth-order valence-corrected chi connectivity index (χ4v) is 2.81. The molecule has 1 aromatic carbocycles. The van der Waals surface area contributed by atoms with Gasteiger partial charge in [0.2, 0.25) is 11.7 Å². The number of nitrogens with one attached hydrogen (secondary N) is 1. The van der Waals surface area contributed by atoms with Crippen molar-refractivity contribution in [2.75, 3.05) is 13.1 Å². The van der Waals surface area contributed by atoms with Gasteiger partial charge >= 0.3 is 12.1 Å². The molecule has 0 spiro atoms. The molecule has 0 radical (unpaired) electrons. The van der Waals surface area contributed by atoms with Crippen LogP contribution in [0, 0.1) is 5.41 Å². The molecule has 0 atom stereocenters. The molecule has 3 heterocycles. The first-order chi connectivity index (χ1) is 15.1. The van der Waals surface area contributed by atoms with Crippen LogP contribution in [0.2, 0.25) is 0 Å². The monoisotopic (exact) mass is 454 g/mol. The topological polar surface area (TPSA) is 119 Å². The van der Waals surface area contributed by atoms with E-state index in [0.29, 0.717) is 43.5 Å². The van der Waals surface area contributed by atoms with Gasteiger partial charge in [0.05, 0.1) is 18.2 Å². The van der Waals surface area contributed by atoms with E-state index < -0.39 is 17.6 Å². The van der Waals surface area contributed by atoms with Crippen molar-refractivity contribution in [2.24, 2.45) is 5.41 Å². The second kappa shape index (κ2) is 9.26. The zero-order valence-corrected chi connectivity index (χ0v) is 16.5. The first-order valence-corrected chi connectivity index (χ1v) is 9.22. The summed E-state index contributed by atoms with van der Waals surface area (Å²) in [7, 11) is 0. The minimum absolute atomic E-state index is 0.320. The number of nitrogens with zero attached hydrogens (tertiary/aromatic N) is 5. The molecule has 2 aromatic heterocycles. The third-order valence-corrected chi connectivity index (χ3v) is 4.66. The van der Waals surface area contributed by atoms with E-state index in [0.717, 1.165) is 5.56 Å². The Hall–Kier alpha value is -3.61. The van der Waals surface area contributed by atoms with Gasteiger partial charge in [0.25, 0.3) is 0 Å². The summed E-state index contributed by atoms with van der Waals surface area (Å²) in [6.07, 6.45) is -3.00. The van der Waals surface area contributed by atoms with E-state index in [-0.39, 0.29) is 5.83 Å². The molecule has 0 amide bonds. The Morgan fingerprint density at radius 3 is 2.47 bits per heavy atom. The number of halogens is 4. The second-order valence-electron chi connectivity index (χ2n) is 7.07. The minimum Gasteiger partial charge on any atom is -0.475 e. The van der Waals surface area contributed by atoms with Crippen LogP contribution in [-0.2, 0) is 17.8 Å². The zero-order chi connectivity index (χ0) is 23.4. The molecule has 170 valence electrons. The van der Waals surface area contributed by atoms with E-state index in [1.165, 1.54) is 0 Å². The van der Waals surface area contributed by atoms with Gasteiger partial charge in [-0.05, 0) is 5.56 Å². The highest BCUT2D eigenvalue weighted by atomic mass is 19.4. The van der Waals surface area contributed by atoms with E-state index in [9.17, 15) is 17.6 Å². The van der Waals surface area contributed by atoms with E-state index >= 15 is 0 Å². The number of hydrogen-bond acceptors (Lipinski definition) is 7. The number of carboxylic acids is 1. The van der Waals surface area contributed by atoms with Gasteiger partial charge in [0.1, 0.15) is 5.83 Å². The van der Waals surface area contributed by atoms with E-state index in [2.05, 4.69) is 32.3 Å². The van der Waals surface area contributed by atoms with E-state index in [1.54, 1.807) is 10.9 Å². The van der Waals surface area contributed by atoms with Crippen molar-refractivity contribution < 1.29 is 32.0 Å². The molecule has 0 saturated carbocycles. The van der Waals surface area contributed by atoms with Crippen molar-refractivity contribution in [3.8, 4) is 11.5 Å². The molecule has 13 heteroatoms. The summed E-state index contributed by atoms with van der Waals surface area (Å²) in [6, 6.07) is 9.95. The Morgan fingerprint density at radius 1 is 1.28 bits per heavy atom. The fourth-order valence-electron chi connectivity index (χ4n) is 2.81. The van der Waals surface area contributed by atoms with Gasteiger partial charge in [0.15, 0.2) is 5.69 Å². The molecule has 0 unspecified atom stereocenters. The molecule has 0 aliphatic carbocycles. The minimum atomic E-state index is -5.08.